The zero-order valence-corrected chi connectivity index (χ0v) is 18.9. The van der Waals surface area contributed by atoms with Gasteiger partial charge in [0.1, 0.15) is 18.1 Å². The molecule has 4 rings (SSSR count). The van der Waals surface area contributed by atoms with Crippen molar-refractivity contribution in [3.63, 3.8) is 0 Å². The fourth-order valence-electron chi connectivity index (χ4n) is 2.88. The monoisotopic (exact) mass is 484 g/mol. The van der Waals surface area contributed by atoms with E-state index in [1.54, 1.807) is 78.6 Å². The Balaban J connectivity index is 1.32. The Morgan fingerprint density at radius 2 is 1.67 bits per heavy atom. The van der Waals surface area contributed by atoms with E-state index in [1.807, 2.05) is 0 Å². The molecule has 0 bridgehead atoms. The van der Waals surface area contributed by atoms with Gasteiger partial charge in [-0.2, -0.15) is 5.10 Å². The molecule has 0 aliphatic rings. The van der Waals surface area contributed by atoms with Crippen LogP contribution in [0, 0.1) is 0 Å². The number of nitrogens with zero attached hydrogens (tertiary/aromatic N) is 2. The molecular formula is C23H18Cl2N4O4. The number of ether oxygens (including phenoxy) is 1. The van der Waals surface area contributed by atoms with E-state index in [0.717, 1.165) is 0 Å². The average Bonchev–Trinajstić information content (AvgIpc) is 3.44. The van der Waals surface area contributed by atoms with Crippen molar-refractivity contribution in [3.05, 3.63) is 94.1 Å². The minimum Gasteiger partial charge on any atom is -0.484 e. The molecule has 2 aromatic carbocycles. The van der Waals surface area contributed by atoms with Crippen LogP contribution in [-0.2, 0) is 13.7 Å². The Hall–Kier alpha value is -3.75. The average molecular weight is 485 g/mol. The van der Waals surface area contributed by atoms with E-state index < -0.39 is 5.91 Å². The normalized spacial score (nSPS) is 10.6. The first kappa shape index (κ1) is 22.4. The summed E-state index contributed by atoms with van der Waals surface area (Å²) in [7, 11) is 1.73. The Morgan fingerprint density at radius 3 is 2.30 bits per heavy atom. The number of nitrogens with one attached hydrogen (secondary N) is 2. The van der Waals surface area contributed by atoms with Gasteiger partial charge in [-0.05, 0) is 60.7 Å². The smallest absolute Gasteiger partial charge is 0.291 e. The highest BCUT2D eigenvalue weighted by Gasteiger charge is 2.13. The van der Waals surface area contributed by atoms with Crippen LogP contribution in [0.15, 0.2) is 71.3 Å². The SMILES string of the molecule is Cn1ccc(C(=O)Nc2ccc(NC(=O)c3ccc(COc4ccc(Cl)cc4Cl)o3)cc2)n1. The van der Waals surface area contributed by atoms with Crippen LogP contribution in [0.5, 0.6) is 5.75 Å². The summed E-state index contributed by atoms with van der Waals surface area (Å²) >= 11 is 12.0. The summed E-state index contributed by atoms with van der Waals surface area (Å²) in [6.45, 7) is 0.0965. The highest BCUT2D eigenvalue weighted by molar-refractivity contribution is 6.35. The van der Waals surface area contributed by atoms with Gasteiger partial charge in [0.25, 0.3) is 11.8 Å². The summed E-state index contributed by atoms with van der Waals surface area (Å²) in [6.07, 6.45) is 1.69. The van der Waals surface area contributed by atoms with Crippen LogP contribution in [0.25, 0.3) is 0 Å². The van der Waals surface area contributed by atoms with Crippen molar-refractivity contribution in [2.24, 2.45) is 7.05 Å². The van der Waals surface area contributed by atoms with Gasteiger partial charge in [-0.1, -0.05) is 23.2 Å². The van der Waals surface area contributed by atoms with Gasteiger partial charge in [-0.15, -0.1) is 0 Å². The van der Waals surface area contributed by atoms with Gasteiger partial charge in [0.2, 0.25) is 0 Å². The molecule has 8 nitrogen and oxygen atoms in total. The number of furan rings is 1. The highest BCUT2D eigenvalue weighted by atomic mass is 35.5. The molecule has 2 heterocycles. The molecule has 2 N–H and O–H groups in total. The molecule has 0 radical (unpaired) electrons. The molecule has 33 heavy (non-hydrogen) atoms. The summed E-state index contributed by atoms with van der Waals surface area (Å²) in [5, 5.41) is 10.4. The van der Waals surface area contributed by atoms with Crippen molar-refractivity contribution in [3.8, 4) is 5.75 Å². The zero-order valence-electron chi connectivity index (χ0n) is 17.3. The van der Waals surface area contributed by atoms with E-state index in [2.05, 4.69) is 15.7 Å². The Kier molecular flexibility index (Phi) is 6.67. The first-order valence-corrected chi connectivity index (χ1v) is 10.5. The van der Waals surface area contributed by atoms with Crippen molar-refractivity contribution >= 4 is 46.4 Å². The summed E-state index contributed by atoms with van der Waals surface area (Å²) in [5.74, 6) is 0.300. The molecule has 0 aliphatic heterocycles. The molecular weight excluding hydrogens is 467 g/mol. The van der Waals surface area contributed by atoms with Crippen LogP contribution < -0.4 is 15.4 Å². The lowest BCUT2D eigenvalue weighted by molar-refractivity contribution is 0.0990. The fourth-order valence-corrected chi connectivity index (χ4v) is 3.34. The molecule has 2 aromatic heterocycles. The van der Waals surface area contributed by atoms with E-state index in [-0.39, 0.29) is 18.3 Å². The number of hydrogen-bond acceptors (Lipinski definition) is 5. The molecule has 0 atom stereocenters. The lowest BCUT2D eigenvalue weighted by Gasteiger charge is -2.07. The van der Waals surface area contributed by atoms with Crippen molar-refractivity contribution < 1.29 is 18.7 Å². The molecule has 0 aliphatic carbocycles. The third-order valence-electron chi connectivity index (χ3n) is 4.50. The van der Waals surface area contributed by atoms with Crippen molar-refractivity contribution in [2.45, 2.75) is 6.61 Å². The number of hydrogen-bond donors (Lipinski definition) is 2. The summed E-state index contributed by atoms with van der Waals surface area (Å²) in [5.41, 5.74) is 1.42. The Morgan fingerprint density at radius 1 is 0.970 bits per heavy atom. The number of carbonyl (C=O) groups is 2. The van der Waals surface area contributed by atoms with Crippen molar-refractivity contribution in [1.82, 2.24) is 9.78 Å². The maximum Gasteiger partial charge on any atom is 0.291 e. The Bertz CT molecular complexity index is 1300. The molecule has 0 saturated carbocycles. The maximum atomic E-state index is 12.5. The minimum atomic E-state index is -0.420. The van der Waals surface area contributed by atoms with Crippen LogP contribution in [0.2, 0.25) is 10.0 Å². The second kappa shape index (κ2) is 9.81. The van der Waals surface area contributed by atoms with Crippen LogP contribution >= 0.6 is 23.2 Å². The first-order chi connectivity index (χ1) is 15.9. The molecule has 0 spiro atoms. The molecule has 2 amide bonds. The van der Waals surface area contributed by atoms with E-state index in [9.17, 15) is 9.59 Å². The van der Waals surface area contributed by atoms with E-state index >= 15 is 0 Å². The van der Waals surface area contributed by atoms with E-state index in [0.29, 0.717) is 38.6 Å². The third kappa shape index (κ3) is 5.74. The topological polar surface area (TPSA) is 98.4 Å². The summed E-state index contributed by atoms with van der Waals surface area (Å²) in [6, 6.07) is 16.4. The van der Waals surface area contributed by atoms with E-state index in [1.165, 1.54) is 0 Å². The van der Waals surface area contributed by atoms with Gasteiger partial charge in [0.15, 0.2) is 11.5 Å². The quantitative estimate of drug-likeness (QED) is 0.365. The predicted molar refractivity (Wildman–Crippen MR) is 125 cm³/mol. The summed E-state index contributed by atoms with van der Waals surface area (Å²) < 4.78 is 12.7. The van der Waals surface area contributed by atoms with Gasteiger partial charge in [0, 0.05) is 29.6 Å². The molecule has 0 saturated heterocycles. The van der Waals surface area contributed by atoms with E-state index in [4.69, 9.17) is 32.4 Å². The number of benzene rings is 2. The number of rotatable bonds is 7. The van der Waals surface area contributed by atoms with Crippen LogP contribution in [-0.4, -0.2) is 21.6 Å². The number of amides is 2. The maximum absolute atomic E-state index is 12.5. The molecule has 10 heteroatoms. The van der Waals surface area contributed by atoms with Gasteiger partial charge < -0.3 is 19.8 Å². The van der Waals surface area contributed by atoms with Crippen LogP contribution in [0.4, 0.5) is 11.4 Å². The second-order valence-corrected chi connectivity index (χ2v) is 7.83. The molecule has 168 valence electrons. The second-order valence-electron chi connectivity index (χ2n) is 6.99. The third-order valence-corrected chi connectivity index (χ3v) is 5.03. The number of aryl methyl sites for hydroxylation is 1. The molecule has 4 aromatic rings. The predicted octanol–water partition coefficient (Wildman–Crippen LogP) is 5.40. The molecule has 0 fully saturated rings. The minimum absolute atomic E-state index is 0.0965. The van der Waals surface area contributed by atoms with Gasteiger partial charge in [-0.3, -0.25) is 14.3 Å². The van der Waals surface area contributed by atoms with Gasteiger partial charge in [0.05, 0.1) is 5.02 Å². The fraction of sp³-hybridized carbons (Fsp3) is 0.0870. The lowest BCUT2D eigenvalue weighted by Crippen LogP contribution is -2.13. The van der Waals surface area contributed by atoms with Gasteiger partial charge in [-0.25, -0.2) is 0 Å². The van der Waals surface area contributed by atoms with Crippen molar-refractivity contribution in [2.75, 3.05) is 10.6 Å². The van der Waals surface area contributed by atoms with Crippen molar-refractivity contribution in [1.29, 1.82) is 0 Å². The number of aromatic nitrogens is 2. The van der Waals surface area contributed by atoms with Crippen LogP contribution in [0.1, 0.15) is 26.8 Å². The number of carbonyl (C=O) groups excluding carboxylic acids is 2. The zero-order chi connectivity index (χ0) is 23.4. The van der Waals surface area contributed by atoms with Gasteiger partial charge >= 0.3 is 0 Å². The number of halogens is 2. The lowest BCUT2D eigenvalue weighted by atomic mass is 10.2. The highest BCUT2D eigenvalue weighted by Crippen LogP contribution is 2.28. The Labute approximate surface area is 199 Å². The standard InChI is InChI=1S/C23H18Cl2N4O4/c1-29-11-10-19(28-29)22(30)26-15-3-5-16(6-4-15)27-23(31)21-9-7-17(33-21)13-32-20-8-2-14(24)12-18(20)25/h2-12H,13H2,1H3,(H,26,30)(H,27,31). The van der Waals surface area contributed by atoms with Crippen LogP contribution in [0.3, 0.4) is 0 Å². The summed E-state index contributed by atoms with van der Waals surface area (Å²) in [4.78, 5) is 24.6. The molecule has 0 unspecified atom stereocenters. The first-order valence-electron chi connectivity index (χ1n) is 9.76. The largest absolute Gasteiger partial charge is 0.484 e. The number of anilines is 2.